The molecule has 0 aliphatic carbocycles. The lowest BCUT2D eigenvalue weighted by molar-refractivity contribution is 0.0595. The molecular weight excluding hydrogens is 260 g/mol. The van der Waals surface area contributed by atoms with Gasteiger partial charge in [-0.15, -0.1) is 0 Å². The van der Waals surface area contributed by atoms with E-state index >= 15 is 0 Å². The molecular formula is C14H18N2O4. The molecule has 2 heterocycles. The summed E-state index contributed by atoms with van der Waals surface area (Å²) in [6.45, 7) is 2.99. The summed E-state index contributed by atoms with van der Waals surface area (Å²) >= 11 is 0. The van der Waals surface area contributed by atoms with Crippen LogP contribution >= 0.6 is 0 Å². The van der Waals surface area contributed by atoms with Crippen LogP contribution in [0.3, 0.4) is 0 Å². The van der Waals surface area contributed by atoms with E-state index < -0.39 is 5.97 Å². The van der Waals surface area contributed by atoms with E-state index in [-0.39, 0.29) is 28.5 Å². The van der Waals surface area contributed by atoms with E-state index in [1.54, 1.807) is 4.57 Å². The van der Waals surface area contributed by atoms with Crippen molar-refractivity contribution in [3.05, 3.63) is 33.7 Å². The highest BCUT2D eigenvalue weighted by molar-refractivity contribution is 6.05. The third-order valence-electron chi connectivity index (χ3n) is 3.57. The smallest absolute Gasteiger partial charge is 0.340 e. The number of esters is 1. The third-order valence-corrected chi connectivity index (χ3v) is 3.57. The number of ether oxygens (including phenoxy) is 1. The Bertz CT molecular complexity index is 585. The van der Waals surface area contributed by atoms with Gasteiger partial charge in [-0.05, 0) is 32.9 Å². The number of hydrogen-bond acceptors (Lipinski definition) is 5. The Labute approximate surface area is 116 Å². The van der Waals surface area contributed by atoms with E-state index in [1.807, 2.05) is 0 Å². The minimum absolute atomic E-state index is 0.0492. The Kier molecular flexibility index (Phi) is 4.34. The summed E-state index contributed by atoms with van der Waals surface area (Å²) in [5.41, 5.74) is 0.0138. The highest BCUT2D eigenvalue weighted by Crippen LogP contribution is 2.18. The fourth-order valence-electron chi connectivity index (χ4n) is 2.48. The number of nitrogens with one attached hydrogen (secondary N) is 1. The Morgan fingerprint density at radius 2 is 1.95 bits per heavy atom. The summed E-state index contributed by atoms with van der Waals surface area (Å²) < 4.78 is 6.23. The number of carbonyl (C=O) groups is 2. The molecule has 1 N–H and O–H groups in total. The Balaban J connectivity index is 2.51. The number of piperidine rings is 1. The van der Waals surface area contributed by atoms with Gasteiger partial charge in [-0.3, -0.25) is 9.59 Å². The van der Waals surface area contributed by atoms with Crippen LogP contribution in [-0.4, -0.2) is 36.5 Å². The van der Waals surface area contributed by atoms with Gasteiger partial charge in [0.15, 0.2) is 5.78 Å². The lowest BCUT2D eigenvalue weighted by Crippen LogP contribution is -2.35. The molecule has 108 valence electrons. The molecule has 6 heteroatoms. The molecule has 6 nitrogen and oxygen atoms in total. The van der Waals surface area contributed by atoms with Crippen LogP contribution in [-0.2, 0) is 4.74 Å². The van der Waals surface area contributed by atoms with Gasteiger partial charge >= 0.3 is 5.97 Å². The van der Waals surface area contributed by atoms with Crippen LogP contribution in [0.5, 0.6) is 0 Å². The first kappa shape index (κ1) is 14.5. The lowest BCUT2D eigenvalue weighted by Gasteiger charge is -2.25. The maximum Gasteiger partial charge on any atom is 0.340 e. The number of aromatic nitrogens is 1. The van der Waals surface area contributed by atoms with E-state index in [0.29, 0.717) is 0 Å². The van der Waals surface area contributed by atoms with Crippen LogP contribution in [0, 0.1) is 0 Å². The van der Waals surface area contributed by atoms with E-state index in [1.165, 1.54) is 26.3 Å². The number of pyridine rings is 1. The van der Waals surface area contributed by atoms with Gasteiger partial charge in [-0.25, -0.2) is 4.79 Å². The van der Waals surface area contributed by atoms with Crippen LogP contribution in [0.4, 0.5) is 0 Å². The van der Waals surface area contributed by atoms with E-state index in [0.717, 1.165) is 25.9 Å². The zero-order chi connectivity index (χ0) is 14.7. The summed E-state index contributed by atoms with van der Waals surface area (Å²) in [7, 11) is 1.26. The summed E-state index contributed by atoms with van der Waals surface area (Å²) in [4.78, 5) is 35.5. The third kappa shape index (κ3) is 2.80. The minimum atomic E-state index is -0.599. The number of hydrogen-bond donors (Lipinski definition) is 1. The van der Waals surface area contributed by atoms with E-state index in [4.69, 9.17) is 4.74 Å². The molecule has 0 bridgehead atoms. The predicted octanol–water partition coefficient (Wildman–Crippen LogP) is 0.762. The average molecular weight is 278 g/mol. The monoisotopic (exact) mass is 278 g/mol. The summed E-state index contributed by atoms with van der Waals surface area (Å²) in [6.07, 6.45) is 3.10. The fraction of sp³-hybridized carbons (Fsp3) is 0.500. The first-order chi connectivity index (χ1) is 9.54. The van der Waals surface area contributed by atoms with Crippen LogP contribution < -0.4 is 10.9 Å². The first-order valence-electron chi connectivity index (χ1n) is 6.60. The number of ketones is 1. The molecule has 1 aliphatic rings. The van der Waals surface area contributed by atoms with Crippen LogP contribution in [0.25, 0.3) is 0 Å². The number of nitrogens with zero attached hydrogens (tertiary/aromatic N) is 1. The van der Waals surface area contributed by atoms with Gasteiger partial charge in [0.25, 0.3) is 5.56 Å². The van der Waals surface area contributed by atoms with Gasteiger partial charge < -0.3 is 14.6 Å². The van der Waals surface area contributed by atoms with Crippen LogP contribution in [0.2, 0.25) is 0 Å². The molecule has 2 rings (SSSR count). The first-order valence-corrected chi connectivity index (χ1v) is 6.60. The van der Waals surface area contributed by atoms with Crippen LogP contribution in [0.1, 0.15) is 46.5 Å². The number of methoxy groups -OCH3 is 1. The molecule has 1 fully saturated rings. The van der Waals surface area contributed by atoms with E-state index in [9.17, 15) is 14.4 Å². The SMILES string of the molecule is COC(=O)c1cn(C2CCNCC2)c(=O)cc1C(C)=O. The minimum Gasteiger partial charge on any atom is -0.465 e. The molecule has 0 saturated carbocycles. The topological polar surface area (TPSA) is 77.4 Å². The van der Waals surface area contributed by atoms with Gasteiger partial charge in [0.2, 0.25) is 0 Å². The fourth-order valence-corrected chi connectivity index (χ4v) is 2.48. The molecule has 0 radical (unpaired) electrons. The maximum atomic E-state index is 12.1. The van der Waals surface area contributed by atoms with Crippen molar-refractivity contribution < 1.29 is 14.3 Å². The van der Waals surface area contributed by atoms with Gasteiger partial charge in [-0.1, -0.05) is 0 Å². The second-order valence-electron chi connectivity index (χ2n) is 4.88. The zero-order valence-corrected chi connectivity index (χ0v) is 11.6. The number of Topliss-reactive ketones (excluding diaryl/α,β-unsaturated/α-hetero) is 1. The van der Waals surface area contributed by atoms with Crippen molar-refractivity contribution in [2.24, 2.45) is 0 Å². The summed E-state index contributed by atoms with van der Waals surface area (Å²) in [5, 5.41) is 3.22. The predicted molar refractivity (Wildman–Crippen MR) is 73.2 cm³/mol. The standard InChI is InChI=1S/C14H18N2O4/c1-9(17)11-7-13(18)16(8-12(11)14(19)20-2)10-3-5-15-6-4-10/h7-8,10,15H,3-6H2,1-2H3. The van der Waals surface area contributed by atoms with Gasteiger partial charge in [-0.2, -0.15) is 0 Å². The van der Waals surface area contributed by atoms with Crippen molar-refractivity contribution in [3.63, 3.8) is 0 Å². The molecule has 0 unspecified atom stereocenters. The molecule has 1 aromatic rings. The molecule has 20 heavy (non-hydrogen) atoms. The Hall–Kier alpha value is -1.95. The average Bonchev–Trinajstić information content (AvgIpc) is 2.47. The van der Waals surface area contributed by atoms with Crippen molar-refractivity contribution in [3.8, 4) is 0 Å². The molecule has 0 atom stereocenters. The van der Waals surface area contributed by atoms with Crippen LogP contribution in [0.15, 0.2) is 17.1 Å². The van der Waals surface area contributed by atoms with Crippen molar-refractivity contribution in [2.75, 3.05) is 20.2 Å². The largest absolute Gasteiger partial charge is 0.465 e. The molecule has 0 aromatic carbocycles. The Morgan fingerprint density at radius 3 is 2.50 bits per heavy atom. The molecule has 1 saturated heterocycles. The van der Waals surface area contributed by atoms with Gasteiger partial charge in [0, 0.05) is 23.9 Å². The highest BCUT2D eigenvalue weighted by Gasteiger charge is 2.22. The summed E-state index contributed by atoms with van der Waals surface area (Å²) in [6, 6.07) is 1.28. The normalized spacial score (nSPS) is 15.9. The van der Waals surface area contributed by atoms with Gasteiger partial charge in [0.1, 0.15) is 0 Å². The molecule has 1 aromatic heterocycles. The van der Waals surface area contributed by atoms with Crippen molar-refractivity contribution in [2.45, 2.75) is 25.8 Å². The maximum absolute atomic E-state index is 12.1. The molecule has 0 spiro atoms. The quantitative estimate of drug-likeness (QED) is 0.652. The lowest BCUT2D eigenvalue weighted by atomic mass is 10.0. The number of carbonyl (C=O) groups excluding carboxylic acids is 2. The Morgan fingerprint density at radius 1 is 1.30 bits per heavy atom. The van der Waals surface area contributed by atoms with Crippen molar-refractivity contribution in [1.29, 1.82) is 0 Å². The second-order valence-corrected chi connectivity index (χ2v) is 4.88. The highest BCUT2D eigenvalue weighted by atomic mass is 16.5. The zero-order valence-electron chi connectivity index (χ0n) is 11.6. The van der Waals surface area contributed by atoms with Gasteiger partial charge in [0.05, 0.1) is 12.7 Å². The second kappa shape index (κ2) is 6.00. The van der Waals surface area contributed by atoms with E-state index in [2.05, 4.69) is 5.32 Å². The number of rotatable bonds is 3. The molecule has 1 aliphatic heterocycles. The van der Waals surface area contributed by atoms with Crippen molar-refractivity contribution in [1.82, 2.24) is 9.88 Å². The molecule has 0 amide bonds. The van der Waals surface area contributed by atoms with Crippen molar-refractivity contribution >= 4 is 11.8 Å². The summed E-state index contributed by atoms with van der Waals surface area (Å²) in [5.74, 6) is -0.919.